The molecule has 0 saturated carbocycles. The average molecular weight is 489 g/mol. The number of aromatic nitrogens is 1. The molecule has 2 aliphatic heterocycles. The van der Waals surface area contributed by atoms with E-state index in [4.69, 9.17) is 14.2 Å². The molecule has 0 spiro atoms. The Balaban J connectivity index is 1.31. The molecule has 0 radical (unpaired) electrons. The highest BCUT2D eigenvalue weighted by Gasteiger charge is 2.34. The van der Waals surface area contributed by atoms with E-state index in [1.54, 1.807) is 7.11 Å². The molecule has 5 rings (SSSR count). The standard InChI is InChI=1S/C30H36N2O4/c1-21-25-6-3-4-7-27(25)31-20-26(21)22-9-11-23(12-10-22)29(36-19-18-34-2)24-13-15-32(16-14-24)30(33)28-8-5-17-35-28/h3-4,6-7,9-12,20,24,28-29H,5,8,13-19H2,1-2H3/t28-,29+/m1/s1. The SMILES string of the molecule is COCCO[C@@H](c1ccc(-c2cnc3ccccc3c2C)cc1)C1CCN(C(=O)[C@H]2CCCO2)CC1. The summed E-state index contributed by atoms with van der Waals surface area (Å²) in [5.41, 5.74) is 5.74. The van der Waals surface area contributed by atoms with E-state index in [0.29, 0.717) is 25.7 Å². The molecule has 2 fully saturated rings. The summed E-state index contributed by atoms with van der Waals surface area (Å²) in [6.07, 6.45) is 5.38. The molecule has 2 saturated heterocycles. The smallest absolute Gasteiger partial charge is 0.251 e. The van der Waals surface area contributed by atoms with Gasteiger partial charge in [-0.3, -0.25) is 9.78 Å². The lowest BCUT2D eigenvalue weighted by Gasteiger charge is -2.37. The van der Waals surface area contributed by atoms with Gasteiger partial charge in [0.25, 0.3) is 5.91 Å². The molecule has 0 bridgehead atoms. The summed E-state index contributed by atoms with van der Waals surface area (Å²) in [7, 11) is 1.70. The lowest BCUT2D eigenvalue weighted by molar-refractivity contribution is -0.143. The first-order valence-corrected chi connectivity index (χ1v) is 13.1. The van der Waals surface area contributed by atoms with Crippen LogP contribution in [-0.4, -0.2) is 61.9 Å². The third-order valence-corrected chi connectivity index (χ3v) is 7.66. The van der Waals surface area contributed by atoms with Gasteiger partial charge in [0.15, 0.2) is 0 Å². The Hall–Kier alpha value is -2.80. The third-order valence-electron chi connectivity index (χ3n) is 7.66. The Morgan fingerprint density at radius 1 is 1.08 bits per heavy atom. The van der Waals surface area contributed by atoms with E-state index in [2.05, 4.69) is 54.4 Å². The number of hydrogen-bond acceptors (Lipinski definition) is 5. The highest BCUT2D eigenvalue weighted by Crippen LogP contribution is 2.36. The highest BCUT2D eigenvalue weighted by molar-refractivity contribution is 5.88. The second-order valence-electron chi connectivity index (χ2n) is 9.88. The number of piperidine rings is 1. The topological polar surface area (TPSA) is 60.9 Å². The number of methoxy groups -OCH3 is 1. The van der Waals surface area contributed by atoms with E-state index in [1.165, 1.54) is 16.5 Å². The first kappa shape index (κ1) is 24.9. The van der Waals surface area contributed by atoms with E-state index in [-0.39, 0.29) is 18.1 Å². The van der Waals surface area contributed by atoms with Gasteiger partial charge in [-0.25, -0.2) is 0 Å². The van der Waals surface area contributed by atoms with Crippen molar-refractivity contribution in [3.63, 3.8) is 0 Å². The van der Waals surface area contributed by atoms with Crippen LogP contribution in [0.1, 0.15) is 42.9 Å². The minimum Gasteiger partial charge on any atom is -0.382 e. The van der Waals surface area contributed by atoms with Gasteiger partial charge in [0.2, 0.25) is 0 Å². The Labute approximate surface area is 213 Å². The molecule has 0 aliphatic carbocycles. The van der Waals surface area contributed by atoms with Crippen molar-refractivity contribution in [3.05, 3.63) is 65.9 Å². The van der Waals surface area contributed by atoms with Gasteiger partial charge in [0.05, 0.1) is 24.8 Å². The lowest BCUT2D eigenvalue weighted by Crippen LogP contribution is -2.44. The predicted molar refractivity (Wildman–Crippen MR) is 141 cm³/mol. The molecule has 3 heterocycles. The molecule has 2 aromatic carbocycles. The molecule has 190 valence electrons. The van der Waals surface area contributed by atoms with Gasteiger partial charge in [0, 0.05) is 44.0 Å². The van der Waals surface area contributed by atoms with Gasteiger partial charge < -0.3 is 19.1 Å². The largest absolute Gasteiger partial charge is 0.382 e. The van der Waals surface area contributed by atoms with Crippen LogP contribution in [0, 0.1) is 12.8 Å². The van der Waals surface area contributed by atoms with E-state index in [0.717, 1.165) is 55.4 Å². The van der Waals surface area contributed by atoms with Crippen molar-refractivity contribution >= 4 is 16.8 Å². The Kier molecular flexibility index (Phi) is 7.95. The first-order chi connectivity index (χ1) is 17.7. The van der Waals surface area contributed by atoms with Crippen LogP contribution in [0.15, 0.2) is 54.7 Å². The molecule has 0 N–H and O–H groups in total. The maximum absolute atomic E-state index is 12.8. The Morgan fingerprint density at radius 3 is 2.58 bits per heavy atom. The van der Waals surface area contributed by atoms with Crippen LogP contribution >= 0.6 is 0 Å². The van der Waals surface area contributed by atoms with Crippen LogP contribution in [0.2, 0.25) is 0 Å². The zero-order valence-corrected chi connectivity index (χ0v) is 21.3. The number of benzene rings is 2. The van der Waals surface area contributed by atoms with Crippen LogP contribution in [0.3, 0.4) is 0 Å². The summed E-state index contributed by atoms with van der Waals surface area (Å²) in [5, 5.41) is 1.18. The minimum absolute atomic E-state index is 0.0231. The number of ether oxygens (including phenoxy) is 3. The molecule has 1 aromatic heterocycles. The number of carbonyl (C=O) groups excluding carboxylic acids is 1. The summed E-state index contributed by atoms with van der Waals surface area (Å²) in [4.78, 5) is 19.4. The Bertz CT molecular complexity index is 1170. The number of rotatable bonds is 8. The van der Waals surface area contributed by atoms with Gasteiger partial charge in [0.1, 0.15) is 6.10 Å². The van der Waals surface area contributed by atoms with Crippen LogP contribution in [0.5, 0.6) is 0 Å². The van der Waals surface area contributed by atoms with Crippen molar-refractivity contribution in [2.24, 2.45) is 5.92 Å². The summed E-state index contributed by atoms with van der Waals surface area (Å²) in [6, 6.07) is 17.0. The summed E-state index contributed by atoms with van der Waals surface area (Å²) >= 11 is 0. The number of para-hydroxylation sites is 1. The lowest BCUT2D eigenvalue weighted by atomic mass is 9.86. The van der Waals surface area contributed by atoms with Crippen molar-refractivity contribution in [2.45, 2.75) is 44.8 Å². The number of likely N-dealkylation sites (tertiary alicyclic amines) is 1. The Morgan fingerprint density at radius 2 is 1.86 bits per heavy atom. The fourth-order valence-corrected chi connectivity index (χ4v) is 5.58. The van der Waals surface area contributed by atoms with E-state index >= 15 is 0 Å². The number of nitrogens with zero attached hydrogens (tertiary/aromatic N) is 2. The van der Waals surface area contributed by atoms with Crippen molar-refractivity contribution in [1.82, 2.24) is 9.88 Å². The number of amides is 1. The molecular weight excluding hydrogens is 452 g/mol. The second kappa shape index (κ2) is 11.5. The molecule has 6 heteroatoms. The molecule has 1 amide bonds. The van der Waals surface area contributed by atoms with Gasteiger partial charge in [-0.2, -0.15) is 0 Å². The van der Waals surface area contributed by atoms with Crippen molar-refractivity contribution in [2.75, 3.05) is 40.0 Å². The fourth-order valence-electron chi connectivity index (χ4n) is 5.58. The predicted octanol–water partition coefficient (Wildman–Crippen LogP) is 5.33. The van der Waals surface area contributed by atoms with Gasteiger partial charge in [-0.1, -0.05) is 42.5 Å². The van der Waals surface area contributed by atoms with Crippen LogP contribution in [0.4, 0.5) is 0 Å². The molecule has 2 atom stereocenters. The van der Waals surface area contributed by atoms with Gasteiger partial charge in [-0.15, -0.1) is 0 Å². The number of aryl methyl sites for hydroxylation is 1. The monoisotopic (exact) mass is 488 g/mol. The van der Waals surface area contributed by atoms with Crippen LogP contribution < -0.4 is 0 Å². The molecule has 36 heavy (non-hydrogen) atoms. The summed E-state index contributed by atoms with van der Waals surface area (Å²) < 4.78 is 17.2. The summed E-state index contributed by atoms with van der Waals surface area (Å²) in [5.74, 6) is 0.511. The maximum Gasteiger partial charge on any atom is 0.251 e. The second-order valence-corrected chi connectivity index (χ2v) is 9.88. The maximum atomic E-state index is 12.8. The number of carbonyl (C=O) groups is 1. The summed E-state index contributed by atoms with van der Waals surface area (Å²) in [6.45, 7) is 5.49. The number of fused-ring (bicyclic) bond motifs is 1. The third kappa shape index (κ3) is 5.31. The fraction of sp³-hybridized carbons (Fsp3) is 0.467. The van der Waals surface area contributed by atoms with Crippen LogP contribution in [-0.2, 0) is 19.0 Å². The van der Waals surface area contributed by atoms with E-state index < -0.39 is 0 Å². The molecule has 3 aromatic rings. The number of pyridine rings is 1. The highest BCUT2D eigenvalue weighted by atomic mass is 16.5. The molecule has 6 nitrogen and oxygen atoms in total. The number of hydrogen-bond donors (Lipinski definition) is 0. The minimum atomic E-state index is -0.240. The average Bonchev–Trinajstić information content (AvgIpc) is 3.47. The van der Waals surface area contributed by atoms with E-state index in [1.807, 2.05) is 17.2 Å². The molecule has 2 aliphatic rings. The molecular formula is C30H36N2O4. The molecule has 0 unspecified atom stereocenters. The van der Waals surface area contributed by atoms with Crippen molar-refractivity contribution in [3.8, 4) is 11.1 Å². The van der Waals surface area contributed by atoms with Crippen molar-refractivity contribution in [1.29, 1.82) is 0 Å². The zero-order valence-electron chi connectivity index (χ0n) is 21.3. The van der Waals surface area contributed by atoms with Crippen LogP contribution in [0.25, 0.3) is 22.0 Å². The van der Waals surface area contributed by atoms with Gasteiger partial charge >= 0.3 is 0 Å². The quantitative estimate of drug-likeness (QED) is 0.401. The zero-order chi connectivity index (χ0) is 24.9. The van der Waals surface area contributed by atoms with Gasteiger partial charge in [-0.05, 0) is 61.3 Å². The van der Waals surface area contributed by atoms with E-state index in [9.17, 15) is 4.79 Å². The first-order valence-electron chi connectivity index (χ1n) is 13.1. The van der Waals surface area contributed by atoms with Crippen molar-refractivity contribution < 1.29 is 19.0 Å². The normalized spacial score (nSPS) is 19.6.